The van der Waals surface area contributed by atoms with Crippen molar-refractivity contribution in [2.24, 2.45) is 5.92 Å². The van der Waals surface area contributed by atoms with Gasteiger partial charge in [-0.15, -0.1) is 0 Å². The molecule has 0 saturated carbocycles. The Morgan fingerprint density at radius 2 is 1.88 bits per heavy atom. The lowest BCUT2D eigenvalue weighted by Gasteiger charge is -2.38. The van der Waals surface area contributed by atoms with Crippen LogP contribution >= 0.6 is 0 Å². The molecule has 1 fully saturated rings. The second-order valence-electron chi connectivity index (χ2n) is 5.83. The molecule has 1 saturated heterocycles. The second-order valence-corrected chi connectivity index (χ2v) is 5.83. The number of nitrogens with one attached hydrogen (secondary N) is 1. The lowest BCUT2D eigenvalue weighted by atomic mass is 9.83. The molecule has 2 unspecified atom stereocenters. The van der Waals surface area contributed by atoms with Gasteiger partial charge in [0.1, 0.15) is 6.54 Å². The Balaban J connectivity index is 2.29. The van der Waals surface area contributed by atoms with Crippen LogP contribution in [0.2, 0.25) is 0 Å². The fourth-order valence-electron chi connectivity index (χ4n) is 2.93. The zero-order chi connectivity index (χ0) is 18.8. The zero-order valence-electron chi connectivity index (χ0n) is 13.3. The summed E-state index contributed by atoms with van der Waals surface area (Å²) in [5.41, 5.74) is -0.438. The summed E-state index contributed by atoms with van der Waals surface area (Å²) in [7, 11) is 1.47. The van der Waals surface area contributed by atoms with Crippen molar-refractivity contribution in [3.63, 3.8) is 0 Å². The van der Waals surface area contributed by atoms with Crippen LogP contribution in [0.4, 0.5) is 13.2 Å². The SMILES string of the molecule is CN1C(=O)CCC(C(=O)NCC(=O)O)C1c1ccc(C(F)(F)F)cc1. The van der Waals surface area contributed by atoms with Gasteiger partial charge in [0.25, 0.3) is 0 Å². The minimum absolute atomic E-state index is 0.110. The van der Waals surface area contributed by atoms with Crippen molar-refractivity contribution in [1.82, 2.24) is 10.2 Å². The Morgan fingerprint density at radius 3 is 2.40 bits per heavy atom. The highest BCUT2D eigenvalue weighted by atomic mass is 19.4. The van der Waals surface area contributed by atoms with Crippen molar-refractivity contribution in [2.45, 2.75) is 25.1 Å². The number of carbonyl (C=O) groups is 3. The minimum Gasteiger partial charge on any atom is -0.480 e. The van der Waals surface area contributed by atoms with Gasteiger partial charge >= 0.3 is 12.1 Å². The molecule has 2 N–H and O–H groups in total. The predicted octanol–water partition coefficient (Wildman–Crippen LogP) is 1.82. The van der Waals surface area contributed by atoms with Gasteiger partial charge in [-0.3, -0.25) is 14.4 Å². The van der Waals surface area contributed by atoms with Crippen LogP contribution in [-0.4, -0.2) is 41.4 Å². The number of carbonyl (C=O) groups excluding carboxylic acids is 2. The molecule has 2 atom stereocenters. The molecule has 0 aromatic heterocycles. The second kappa shape index (κ2) is 7.12. The van der Waals surface area contributed by atoms with E-state index >= 15 is 0 Å². The standard InChI is InChI=1S/C16H17F3N2O4/c1-21-12(22)7-6-11(15(25)20-8-13(23)24)14(21)9-2-4-10(5-3-9)16(17,18)19/h2-5,11,14H,6-8H2,1H3,(H,20,25)(H,23,24). The maximum atomic E-state index is 12.7. The lowest BCUT2D eigenvalue weighted by molar-refractivity contribution is -0.144. The molecule has 9 heteroatoms. The average molecular weight is 358 g/mol. The number of alkyl halides is 3. The Labute approximate surface area is 141 Å². The molecule has 0 radical (unpaired) electrons. The number of aliphatic carboxylic acids is 1. The van der Waals surface area contributed by atoms with Crippen LogP contribution in [0.15, 0.2) is 24.3 Å². The van der Waals surface area contributed by atoms with E-state index in [1.54, 1.807) is 0 Å². The molecule has 1 heterocycles. The smallest absolute Gasteiger partial charge is 0.416 e. The molecule has 1 aliphatic heterocycles. The number of benzene rings is 1. The molecule has 2 rings (SSSR count). The van der Waals surface area contributed by atoms with E-state index in [1.165, 1.54) is 24.1 Å². The van der Waals surface area contributed by atoms with Crippen LogP contribution in [0.3, 0.4) is 0 Å². The topological polar surface area (TPSA) is 86.7 Å². The third-order valence-corrected chi connectivity index (χ3v) is 4.19. The van der Waals surface area contributed by atoms with Gasteiger partial charge in [0.05, 0.1) is 17.5 Å². The van der Waals surface area contributed by atoms with Gasteiger partial charge in [-0.05, 0) is 24.1 Å². The van der Waals surface area contributed by atoms with Crippen molar-refractivity contribution >= 4 is 17.8 Å². The highest BCUT2D eigenvalue weighted by Crippen LogP contribution is 2.37. The van der Waals surface area contributed by atoms with E-state index in [9.17, 15) is 27.6 Å². The Hall–Kier alpha value is -2.58. The first-order valence-electron chi connectivity index (χ1n) is 7.53. The van der Waals surface area contributed by atoms with Crippen molar-refractivity contribution < 1.29 is 32.7 Å². The number of nitrogens with zero attached hydrogens (tertiary/aromatic N) is 1. The number of halogens is 3. The number of hydrogen-bond acceptors (Lipinski definition) is 3. The van der Waals surface area contributed by atoms with Gasteiger partial charge in [-0.25, -0.2) is 0 Å². The zero-order valence-corrected chi connectivity index (χ0v) is 13.3. The highest BCUT2D eigenvalue weighted by Gasteiger charge is 2.39. The summed E-state index contributed by atoms with van der Waals surface area (Å²) in [5.74, 6) is -2.72. The minimum atomic E-state index is -4.48. The number of rotatable bonds is 4. The number of carboxylic acid groups (broad SMARTS) is 1. The monoisotopic (exact) mass is 358 g/mol. The quantitative estimate of drug-likeness (QED) is 0.860. The van der Waals surface area contributed by atoms with E-state index in [0.29, 0.717) is 5.56 Å². The molecule has 6 nitrogen and oxygen atoms in total. The van der Waals surface area contributed by atoms with Crippen LogP contribution in [0.25, 0.3) is 0 Å². The fourth-order valence-corrected chi connectivity index (χ4v) is 2.93. The highest BCUT2D eigenvalue weighted by molar-refractivity contribution is 5.86. The maximum Gasteiger partial charge on any atom is 0.416 e. The largest absolute Gasteiger partial charge is 0.480 e. The molecule has 25 heavy (non-hydrogen) atoms. The molecule has 1 aromatic carbocycles. The first-order chi connectivity index (χ1) is 11.6. The van der Waals surface area contributed by atoms with Crippen molar-refractivity contribution in [3.8, 4) is 0 Å². The van der Waals surface area contributed by atoms with Gasteiger partial charge in [0.15, 0.2) is 0 Å². The number of carboxylic acids is 1. The van der Waals surface area contributed by atoms with E-state index in [4.69, 9.17) is 5.11 Å². The number of amides is 2. The van der Waals surface area contributed by atoms with Gasteiger partial charge in [0.2, 0.25) is 11.8 Å². The summed E-state index contributed by atoms with van der Waals surface area (Å²) in [5, 5.41) is 10.9. The maximum absolute atomic E-state index is 12.7. The summed E-state index contributed by atoms with van der Waals surface area (Å²) in [6.07, 6.45) is -4.18. The normalized spacial score (nSPS) is 21.1. The molecule has 2 amide bonds. The molecule has 0 aliphatic carbocycles. The van der Waals surface area contributed by atoms with E-state index in [1.807, 2.05) is 0 Å². The van der Waals surface area contributed by atoms with Gasteiger partial charge in [0, 0.05) is 13.5 Å². The Bertz CT molecular complexity index is 673. The number of hydrogen-bond donors (Lipinski definition) is 2. The van der Waals surface area contributed by atoms with Crippen molar-refractivity contribution in [3.05, 3.63) is 35.4 Å². The first-order valence-corrected chi connectivity index (χ1v) is 7.53. The molecule has 0 spiro atoms. The number of piperidine rings is 1. The van der Waals surface area contributed by atoms with Crippen molar-refractivity contribution in [1.29, 1.82) is 0 Å². The molecule has 0 bridgehead atoms. The van der Waals surface area contributed by atoms with Gasteiger partial charge in [-0.2, -0.15) is 13.2 Å². The molecule has 1 aliphatic rings. The Morgan fingerprint density at radius 1 is 1.28 bits per heavy atom. The summed E-state index contributed by atoms with van der Waals surface area (Å²) >= 11 is 0. The third-order valence-electron chi connectivity index (χ3n) is 4.19. The molecule has 136 valence electrons. The van der Waals surface area contributed by atoms with Crippen LogP contribution in [-0.2, 0) is 20.6 Å². The summed E-state index contributed by atoms with van der Waals surface area (Å²) in [6.45, 7) is -0.563. The van der Waals surface area contributed by atoms with Crippen LogP contribution in [0.5, 0.6) is 0 Å². The first kappa shape index (κ1) is 18.8. The molecular formula is C16H17F3N2O4. The number of likely N-dealkylation sites (tertiary alicyclic amines) is 1. The Kier molecular flexibility index (Phi) is 5.34. The lowest BCUT2D eigenvalue weighted by Crippen LogP contribution is -2.47. The van der Waals surface area contributed by atoms with Crippen LogP contribution in [0, 0.1) is 5.92 Å². The van der Waals surface area contributed by atoms with Crippen LogP contribution < -0.4 is 5.32 Å². The summed E-state index contributed by atoms with van der Waals surface area (Å²) < 4.78 is 38.1. The fraction of sp³-hybridized carbons (Fsp3) is 0.438. The average Bonchev–Trinajstić information content (AvgIpc) is 2.54. The van der Waals surface area contributed by atoms with E-state index < -0.39 is 42.1 Å². The molecule has 1 aromatic rings. The predicted molar refractivity (Wildman–Crippen MR) is 80.3 cm³/mol. The van der Waals surface area contributed by atoms with Crippen molar-refractivity contribution in [2.75, 3.05) is 13.6 Å². The van der Waals surface area contributed by atoms with E-state index in [-0.39, 0.29) is 18.7 Å². The van der Waals surface area contributed by atoms with Gasteiger partial charge in [-0.1, -0.05) is 12.1 Å². The van der Waals surface area contributed by atoms with Crippen LogP contribution in [0.1, 0.15) is 30.0 Å². The molecular weight excluding hydrogens is 341 g/mol. The van der Waals surface area contributed by atoms with E-state index in [2.05, 4.69) is 5.32 Å². The van der Waals surface area contributed by atoms with E-state index in [0.717, 1.165) is 12.1 Å². The summed E-state index contributed by atoms with van der Waals surface area (Å²) in [6, 6.07) is 3.51. The summed E-state index contributed by atoms with van der Waals surface area (Å²) in [4.78, 5) is 36.1. The van der Waals surface area contributed by atoms with Gasteiger partial charge < -0.3 is 15.3 Å². The third kappa shape index (κ3) is 4.28.